The Kier molecular flexibility index (Phi) is 4.77. The molecular weight excluding hydrogens is 380 g/mol. The van der Waals surface area contributed by atoms with E-state index in [1.165, 1.54) is 35.6 Å². The summed E-state index contributed by atoms with van der Waals surface area (Å²) >= 11 is 1.27. The minimum absolute atomic E-state index is 0.0838. The molecular formula is C18H14N6O3S. The third-order valence-electron chi connectivity index (χ3n) is 3.75. The second kappa shape index (κ2) is 7.53. The van der Waals surface area contributed by atoms with Crippen molar-refractivity contribution >= 4 is 28.8 Å². The molecule has 1 aromatic carbocycles. The standard InChI is InChI=1S/C18H14N6O3S/c1-11(25)18-21-13(9-28-18)8-24-20-7-14(23-24)22-17(26)15-16(27-10-19-15)12-5-3-2-4-6-12/h2-7,9-10H,8H2,1H3,(H,22,23,26). The van der Waals surface area contributed by atoms with Crippen LogP contribution in [0.5, 0.6) is 0 Å². The number of hydrogen-bond acceptors (Lipinski definition) is 8. The molecule has 1 N–H and O–H groups in total. The number of rotatable bonds is 6. The molecule has 1 amide bonds. The molecule has 140 valence electrons. The fourth-order valence-electron chi connectivity index (χ4n) is 2.49. The monoisotopic (exact) mass is 394 g/mol. The van der Waals surface area contributed by atoms with E-state index >= 15 is 0 Å². The molecule has 0 saturated carbocycles. The van der Waals surface area contributed by atoms with Gasteiger partial charge in [-0.25, -0.2) is 9.97 Å². The lowest BCUT2D eigenvalue weighted by atomic mass is 10.1. The highest BCUT2D eigenvalue weighted by molar-refractivity contribution is 7.11. The fraction of sp³-hybridized carbons (Fsp3) is 0.111. The van der Waals surface area contributed by atoms with E-state index in [-0.39, 0.29) is 17.3 Å². The molecule has 0 aliphatic heterocycles. The number of thiazole rings is 1. The molecule has 4 rings (SSSR count). The van der Waals surface area contributed by atoms with Crippen LogP contribution in [0.4, 0.5) is 5.82 Å². The highest BCUT2D eigenvalue weighted by Gasteiger charge is 2.19. The van der Waals surface area contributed by atoms with Crippen molar-refractivity contribution in [1.29, 1.82) is 0 Å². The highest BCUT2D eigenvalue weighted by atomic mass is 32.1. The Morgan fingerprint density at radius 3 is 2.82 bits per heavy atom. The number of anilines is 1. The Morgan fingerprint density at radius 1 is 1.25 bits per heavy atom. The molecule has 0 atom stereocenters. The molecule has 0 aliphatic carbocycles. The molecule has 4 aromatic rings. The van der Waals surface area contributed by atoms with Crippen LogP contribution >= 0.6 is 11.3 Å². The van der Waals surface area contributed by atoms with Crippen LogP contribution in [0.1, 0.15) is 32.9 Å². The maximum atomic E-state index is 12.6. The average Bonchev–Trinajstić information content (AvgIpc) is 3.43. The van der Waals surface area contributed by atoms with Gasteiger partial charge in [-0.3, -0.25) is 9.59 Å². The first-order chi connectivity index (χ1) is 13.6. The Hall–Kier alpha value is -3.66. The lowest BCUT2D eigenvalue weighted by Gasteiger charge is -2.01. The van der Waals surface area contributed by atoms with Crippen molar-refractivity contribution in [1.82, 2.24) is 25.0 Å². The van der Waals surface area contributed by atoms with Gasteiger partial charge < -0.3 is 9.73 Å². The first-order valence-electron chi connectivity index (χ1n) is 8.26. The largest absolute Gasteiger partial charge is 0.443 e. The molecule has 3 aromatic heterocycles. The van der Waals surface area contributed by atoms with Gasteiger partial charge in [0.15, 0.2) is 34.5 Å². The number of nitrogens with one attached hydrogen (secondary N) is 1. The summed E-state index contributed by atoms with van der Waals surface area (Å²) in [6, 6.07) is 9.23. The number of carbonyl (C=O) groups excluding carboxylic acids is 2. The molecule has 0 bridgehead atoms. The van der Waals surface area contributed by atoms with Crippen LogP contribution in [0.2, 0.25) is 0 Å². The van der Waals surface area contributed by atoms with Gasteiger partial charge in [0.1, 0.15) is 6.54 Å². The van der Waals surface area contributed by atoms with Gasteiger partial charge >= 0.3 is 0 Å². The van der Waals surface area contributed by atoms with E-state index in [0.29, 0.717) is 23.0 Å². The number of aromatic nitrogens is 5. The van der Waals surface area contributed by atoms with Crippen LogP contribution in [0.25, 0.3) is 11.3 Å². The van der Waals surface area contributed by atoms with Gasteiger partial charge in [-0.15, -0.1) is 16.4 Å². The summed E-state index contributed by atoms with van der Waals surface area (Å²) in [5.41, 5.74) is 1.58. The normalized spacial score (nSPS) is 10.8. The van der Waals surface area contributed by atoms with Crippen molar-refractivity contribution in [2.24, 2.45) is 0 Å². The van der Waals surface area contributed by atoms with Crippen molar-refractivity contribution in [3.63, 3.8) is 0 Å². The molecule has 0 radical (unpaired) electrons. The number of hydrogen-bond donors (Lipinski definition) is 1. The van der Waals surface area contributed by atoms with E-state index in [2.05, 4.69) is 25.5 Å². The summed E-state index contributed by atoms with van der Waals surface area (Å²) in [6.45, 7) is 1.76. The second-order valence-corrected chi connectivity index (χ2v) is 6.67. The topological polar surface area (TPSA) is 116 Å². The van der Waals surface area contributed by atoms with Crippen LogP contribution in [-0.4, -0.2) is 36.7 Å². The molecule has 28 heavy (non-hydrogen) atoms. The van der Waals surface area contributed by atoms with Crippen LogP contribution in [0.15, 0.2) is 52.7 Å². The zero-order valence-electron chi connectivity index (χ0n) is 14.7. The molecule has 0 fully saturated rings. The van der Waals surface area contributed by atoms with E-state index in [1.54, 1.807) is 5.38 Å². The third kappa shape index (κ3) is 3.71. The maximum Gasteiger partial charge on any atom is 0.279 e. The van der Waals surface area contributed by atoms with Crippen molar-refractivity contribution < 1.29 is 14.0 Å². The number of Topliss-reactive ketones (excluding diaryl/α,β-unsaturated/α-hetero) is 1. The lowest BCUT2D eigenvalue weighted by Crippen LogP contribution is -2.14. The Morgan fingerprint density at radius 2 is 2.07 bits per heavy atom. The fourth-order valence-corrected chi connectivity index (χ4v) is 3.21. The van der Waals surface area contributed by atoms with Crippen molar-refractivity contribution in [2.75, 3.05) is 5.32 Å². The number of benzene rings is 1. The summed E-state index contributed by atoms with van der Waals surface area (Å²) in [5.74, 6) is 0.116. The van der Waals surface area contributed by atoms with Gasteiger partial charge in [-0.1, -0.05) is 30.3 Å². The van der Waals surface area contributed by atoms with Crippen molar-refractivity contribution in [2.45, 2.75) is 13.5 Å². The van der Waals surface area contributed by atoms with Gasteiger partial charge in [0.25, 0.3) is 5.91 Å². The van der Waals surface area contributed by atoms with Crippen molar-refractivity contribution in [3.05, 3.63) is 64.7 Å². The summed E-state index contributed by atoms with van der Waals surface area (Å²) in [4.78, 5) is 33.5. The average molecular weight is 394 g/mol. The van der Waals surface area contributed by atoms with Crippen LogP contribution in [0, 0.1) is 0 Å². The zero-order valence-corrected chi connectivity index (χ0v) is 15.5. The van der Waals surface area contributed by atoms with E-state index in [1.807, 2.05) is 30.3 Å². The lowest BCUT2D eigenvalue weighted by molar-refractivity contribution is 0.101. The quantitative estimate of drug-likeness (QED) is 0.500. The van der Waals surface area contributed by atoms with Crippen LogP contribution in [0.3, 0.4) is 0 Å². The number of nitrogens with zero attached hydrogens (tertiary/aromatic N) is 5. The van der Waals surface area contributed by atoms with Gasteiger partial charge in [0, 0.05) is 17.9 Å². The first-order valence-corrected chi connectivity index (χ1v) is 9.14. The summed E-state index contributed by atoms with van der Waals surface area (Å²) < 4.78 is 5.37. The molecule has 10 heteroatoms. The van der Waals surface area contributed by atoms with Gasteiger partial charge in [0.05, 0.1) is 11.9 Å². The van der Waals surface area contributed by atoms with Crippen LogP contribution < -0.4 is 5.32 Å². The predicted octanol–water partition coefficient (Wildman–Crippen LogP) is 2.89. The Balaban J connectivity index is 1.46. The number of ketones is 1. The first kappa shape index (κ1) is 17.7. The van der Waals surface area contributed by atoms with Gasteiger partial charge in [-0.05, 0) is 0 Å². The summed E-state index contributed by atoms with van der Waals surface area (Å²) in [6.07, 6.45) is 2.65. The highest BCUT2D eigenvalue weighted by Crippen LogP contribution is 2.23. The number of amides is 1. The van der Waals surface area contributed by atoms with Crippen molar-refractivity contribution in [3.8, 4) is 11.3 Å². The van der Waals surface area contributed by atoms with Gasteiger partial charge in [-0.2, -0.15) is 9.90 Å². The molecule has 0 aliphatic rings. The predicted molar refractivity (Wildman–Crippen MR) is 101 cm³/mol. The number of oxazole rings is 1. The minimum Gasteiger partial charge on any atom is -0.443 e. The number of carbonyl (C=O) groups is 2. The second-order valence-electron chi connectivity index (χ2n) is 5.81. The molecule has 0 saturated heterocycles. The summed E-state index contributed by atoms with van der Waals surface area (Å²) in [7, 11) is 0. The Labute approximate surface area is 163 Å². The molecule has 9 nitrogen and oxygen atoms in total. The van der Waals surface area contributed by atoms with E-state index in [0.717, 1.165) is 5.56 Å². The van der Waals surface area contributed by atoms with Gasteiger partial charge in [0.2, 0.25) is 0 Å². The molecule has 3 heterocycles. The zero-order chi connectivity index (χ0) is 19.5. The van der Waals surface area contributed by atoms with E-state index in [9.17, 15) is 9.59 Å². The molecule has 0 unspecified atom stereocenters. The molecule has 0 spiro atoms. The SMILES string of the molecule is CC(=O)c1nc(Cn2ncc(NC(=O)c3ncoc3-c3ccccc3)n2)cs1. The Bertz CT molecular complexity index is 1130. The van der Waals surface area contributed by atoms with Crippen LogP contribution in [-0.2, 0) is 6.54 Å². The third-order valence-corrected chi connectivity index (χ3v) is 4.74. The van der Waals surface area contributed by atoms with E-state index in [4.69, 9.17) is 4.42 Å². The smallest absolute Gasteiger partial charge is 0.279 e. The maximum absolute atomic E-state index is 12.6. The van der Waals surface area contributed by atoms with E-state index < -0.39 is 5.91 Å². The minimum atomic E-state index is -0.452. The summed E-state index contributed by atoms with van der Waals surface area (Å²) in [5, 5.41) is 13.2.